The zero-order valence-electron chi connectivity index (χ0n) is 14.4. The van der Waals surface area contributed by atoms with Crippen LogP contribution in [-0.2, 0) is 9.59 Å². The van der Waals surface area contributed by atoms with Crippen molar-refractivity contribution in [2.45, 2.75) is 19.1 Å². The van der Waals surface area contributed by atoms with E-state index in [2.05, 4.69) is 10.6 Å². The first-order valence-corrected chi connectivity index (χ1v) is 7.96. The largest absolute Gasteiger partial charge is 0.465 e. The van der Waals surface area contributed by atoms with Gasteiger partial charge in [-0.2, -0.15) is 0 Å². The Hall–Kier alpha value is -3.43. The first-order valence-electron chi connectivity index (χ1n) is 7.96. The van der Waals surface area contributed by atoms with Crippen LogP contribution < -0.4 is 16.1 Å². The van der Waals surface area contributed by atoms with Crippen LogP contribution in [0.3, 0.4) is 0 Å². The minimum atomic E-state index is -1.31. The van der Waals surface area contributed by atoms with Gasteiger partial charge in [0.1, 0.15) is 11.8 Å². The highest BCUT2D eigenvalue weighted by Crippen LogP contribution is 2.11. The first-order chi connectivity index (χ1) is 12.9. The van der Waals surface area contributed by atoms with Crippen molar-refractivity contribution in [1.82, 2.24) is 10.8 Å². The summed E-state index contributed by atoms with van der Waals surface area (Å²) >= 11 is 0. The van der Waals surface area contributed by atoms with Gasteiger partial charge in [0.2, 0.25) is 5.91 Å². The van der Waals surface area contributed by atoms with Crippen LogP contribution in [0.5, 0.6) is 0 Å². The Morgan fingerprint density at radius 1 is 1.15 bits per heavy atom. The van der Waals surface area contributed by atoms with Gasteiger partial charge in [-0.3, -0.25) is 19.6 Å². The number of benzene rings is 1. The van der Waals surface area contributed by atoms with Crippen LogP contribution in [-0.4, -0.2) is 40.2 Å². The second-order valence-corrected chi connectivity index (χ2v) is 5.58. The monoisotopic (exact) mass is 373 g/mol. The number of aliphatic hydroxyl groups is 1. The summed E-state index contributed by atoms with van der Waals surface area (Å²) in [6.07, 6.45) is 3.11. The normalized spacial score (nSPS) is 13.0. The molecule has 27 heavy (non-hydrogen) atoms. The minimum Gasteiger partial charge on any atom is -0.465 e. The van der Waals surface area contributed by atoms with E-state index in [9.17, 15) is 19.5 Å². The predicted molar refractivity (Wildman–Crippen MR) is 95.7 cm³/mol. The van der Waals surface area contributed by atoms with Crippen molar-refractivity contribution in [3.63, 3.8) is 0 Å². The summed E-state index contributed by atoms with van der Waals surface area (Å²) in [5, 5.41) is 23.1. The SMILES string of the molecule is C[C@@H](O)[C@H](NC(=O)c1ccc(NC(=O)C=Cc2ccco2)cc1)C(=O)NO. The standard InChI is InChI=1S/C18H19N3O6/c1-11(22)16(18(25)21-26)20-17(24)12-4-6-13(7-5-12)19-15(23)9-8-14-3-2-10-27-14/h2-11,16,22,26H,1H3,(H,19,23)(H,20,24)(H,21,25)/t11-,16+/m1/s1. The van der Waals surface area contributed by atoms with Gasteiger partial charge < -0.3 is 20.2 Å². The number of rotatable bonds is 7. The Bertz CT molecular complexity index is 812. The lowest BCUT2D eigenvalue weighted by Crippen LogP contribution is -2.51. The highest BCUT2D eigenvalue weighted by Gasteiger charge is 2.25. The van der Waals surface area contributed by atoms with Gasteiger partial charge >= 0.3 is 0 Å². The van der Waals surface area contributed by atoms with E-state index in [0.717, 1.165) is 0 Å². The molecular weight excluding hydrogens is 354 g/mol. The quantitative estimate of drug-likeness (QED) is 0.278. The number of hydroxylamine groups is 1. The third-order valence-corrected chi connectivity index (χ3v) is 3.52. The van der Waals surface area contributed by atoms with Gasteiger partial charge in [0, 0.05) is 17.3 Å². The Morgan fingerprint density at radius 3 is 2.41 bits per heavy atom. The Morgan fingerprint density at radius 2 is 1.85 bits per heavy atom. The lowest BCUT2D eigenvalue weighted by molar-refractivity contribution is -0.133. The number of anilines is 1. The molecular formula is C18H19N3O6. The molecule has 0 unspecified atom stereocenters. The van der Waals surface area contributed by atoms with E-state index in [1.165, 1.54) is 55.1 Å². The molecule has 0 aliphatic rings. The summed E-state index contributed by atoms with van der Waals surface area (Å²) in [4.78, 5) is 35.4. The van der Waals surface area contributed by atoms with Crippen LogP contribution in [0.2, 0.25) is 0 Å². The van der Waals surface area contributed by atoms with Gasteiger partial charge in [0.15, 0.2) is 0 Å². The average Bonchev–Trinajstić information content (AvgIpc) is 3.17. The second-order valence-electron chi connectivity index (χ2n) is 5.58. The zero-order chi connectivity index (χ0) is 19.8. The highest BCUT2D eigenvalue weighted by molar-refractivity contribution is 6.02. The smallest absolute Gasteiger partial charge is 0.268 e. The van der Waals surface area contributed by atoms with Crippen LogP contribution >= 0.6 is 0 Å². The summed E-state index contributed by atoms with van der Waals surface area (Å²) in [6.45, 7) is 1.30. The lowest BCUT2D eigenvalue weighted by atomic mass is 10.1. The van der Waals surface area contributed by atoms with Gasteiger partial charge in [-0.15, -0.1) is 0 Å². The van der Waals surface area contributed by atoms with Crippen LogP contribution in [0.15, 0.2) is 53.2 Å². The van der Waals surface area contributed by atoms with E-state index in [-0.39, 0.29) is 11.5 Å². The van der Waals surface area contributed by atoms with E-state index in [1.807, 2.05) is 0 Å². The molecule has 0 fully saturated rings. The molecule has 0 saturated carbocycles. The molecule has 2 aromatic rings. The van der Waals surface area contributed by atoms with Crippen LogP contribution in [0.4, 0.5) is 5.69 Å². The van der Waals surface area contributed by atoms with E-state index in [1.54, 1.807) is 12.1 Å². The third-order valence-electron chi connectivity index (χ3n) is 3.52. The molecule has 1 aromatic carbocycles. The number of hydrogen-bond donors (Lipinski definition) is 5. The van der Waals surface area contributed by atoms with Gasteiger partial charge in [-0.1, -0.05) is 0 Å². The summed E-state index contributed by atoms with van der Waals surface area (Å²) in [5.74, 6) is -1.40. The number of furan rings is 1. The number of carbonyl (C=O) groups is 3. The number of hydrogen-bond acceptors (Lipinski definition) is 6. The number of carbonyl (C=O) groups excluding carboxylic acids is 3. The molecule has 5 N–H and O–H groups in total. The maximum absolute atomic E-state index is 12.2. The molecule has 0 radical (unpaired) electrons. The molecule has 1 aromatic heterocycles. The van der Waals surface area contributed by atoms with Gasteiger partial charge in [-0.25, -0.2) is 5.48 Å². The Balaban J connectivity index is 1.96. The molecule has 9 heteroatoms. The zero-order valence-corrected chi connectivity index (χ0v) is 14.4. The maximum atomic E-state index is 12.2. The van der Waals surface area contributed by atoms with Crippen molar-refractivity contribution in [3.05, 3.63) is 60.1 Å². The Labute approximate surface area is 154 Å². The van der Waals surface area contributed by atoms with Crippen molar-refractivity contribution in [2.75, 3.05) is 5.32 Å². The fourth-order valence-electron chi connectivity index (χ4n) is 2.13. The molecule has 2 atom stereocenters. The number of aliphatic hydroxyl groups excluding tert-OH is 1. The second kappa shape index (κ2) is 9.32. The van der Waals surface area contributed by atoms with Gasteiger partial charge in [0.05, 0.1) is 12.4 Å². The number of amides is 3. The first kappa shape index (κ1) is 19.9. The van der Waals surface area contributed by atoms with Crippen molar-refractivity contribution in [3.8, 4) is 0 Å². The van der Waals surface area contributed by atoms with Gasteiger partial charge in [-0.05, 0) is 49.4 Å². The fraction of sp³-hybridized carbons (Fsp3) is 0.167. The molecule has 1 heterocycles. The molecule has 3 amide bonds. The Kier molecular flexibility index (Phi) is 6.86. The molecule has 0 saturated heterocycles. The summed E-state index contributed by atoms with van der Waals surface area (Å²) < 4.78 is 5.08. The van der Waals surface area contributed by atoms with Crippen LogP contribution in [0.25, 0.3) is 6.08 Å². The molecule has 0 aliphatic carbocycles. The lowest BCUT2D eigenvalue weighted by Gasteiger charge is -2.19. The highest BCUT2D eigenvalue weighted by atomic mass is 16.5. The van der Waals surface area contributed by atoms with Gasteiger partial charge in [0.25, 0.3) is 11.8 Å². The van der Waals surface area contributed by atoms with Crippen molar-refractivity contribution in [2.24, 2.45) is 0 Å². The van der Waals surface area contributed by atoms with E-state index in [0.29, 0.717) is 11.4 Å². The van der Waals surface area contributed by atoms with Crippen LogP contribution in [0.1, 0.15) is 23.0 Å². The predicted octanol–water partition coefficient (Wildman–Crippen LogP) is 0.916. The molecule has 0 bridgehead atoms. The number of nitrogens with one attached hydrogen (secondary N) is 3. The van der Waals surface area contributed by atoms with Crippen molar-refractivity contribution >= 4 is 29.5 Å². The molecule has 9 nitrogen and oxygen atoms in total. The van der Waals surface area contributed by atoms with Crippen molar-refractivity contribution < 1.29 is 29.1 Å². The summed E-state index contributed by atoms with van der Waals surface area (Å²) in [6, 6.07) is 8.00. The van der Waals surface area contributed by atoms with Crippen molar-refractivity contribution in [1.29, 1.82) is 0 Å². The molecule has 2 rings (SSSR count). The topological polar surface area (TPSA) is 141 Å². The minimum absolute atomic E-state index is 0.204. The average molecular weight is 373 g/mol. The van der Waals surface area contributed by atoms with Crippen LogP contribution in [0, 0.1) is 0 Å². The summed E-state index contributed by atoms with van der Waals surface area (Å²) in [7, 11) is 0. The molecule has 0 aliphatic heterocycles. The van der Waals surface area contributed by atoms with E-state index >= 15 is 0 Å². The molecule has 142 valence electrons. The summed E-state index contributed by atoms with van der Waals surface area (Å²) in [5.41, 5.74) is 2.04. The fourth-order valence-corrected chi connectivity index (χ4v) is 2.13. The van der Waals surface area contributed by atoms with E-state index in [4.69, 9.17) is 9.62 Å². The maximum Gasteiger partial charge on any atom is 0.268 e. The third kappa shape index (κ3) is 5.80. The molecule has 0 spiro atoms. The van der Waals surface area contributed by atoms with E-state index < -0.39 is 24.0 Å².